The summed E-state index contributed by atoms with van der Waals surface area (Å²) in [7, 11) is 0. The third-order valence-corrected chi connectivity index (χ3v) is 2.93. The maximum atomic E-state index is 11.0. The summed E-state index contributed by atoms with van der Waals surface area (Å²) in [5.41, 5.74) is 2.04. The van der Waals surface area contributed by atoms with Crippen LogP contribution in [0.1, 0.15) is 21.5 Å². The first-order chi connectivity index (χ1) is 7.33. The molecule has 0 aliphatic carbocycles. The topological polar surface area (TPSA) is 55.8 Å². The van der Waals surface area contributed by atoms with Crippen molar-refractivity contribution in [3.63, 3.8) is 0 Å². The summed E-state index contributed by atoms with van der Waals surface area (Å²) in [5.74, 6) is 1.17. The fourth-order valence-electron chi connectivity index (χ4n) is 2.24. The highest BCUT2D eigenvalue weighted by Gasteiger charge is 2.30. The molecule has 0 atom stereocenters. The van der Waals surface area contributed by atoms with E-state index in [1.165, 1.54) is 0 Å². The van der Waals surface area contributed by atoms with Gasteiger partial charge >= 0.3 is 0 Å². The minimum Gasteiger partial charge on any atom is -0.504 e. The van der Waals surface area contributed by atoms with E-state index >= 15 is 0 Å². The number of aldehydes is 1. The highest BCUT2D eigenvalue weighted by molar-refractivity contribution is 5.87. The molecule has 0 radical (unpaired) electrons. The number of fused-ring (bicyclic) bond motifs is 2. The minimum atomic E-state index is 0.153. The second kappa shape index (κ2) is 2.89. The van der Waals surface area contributed by atoms with Gasteiger partial charge < -0.3 is 14.6 Å². The number of phenolic OH excluding ortho intramolecular Hbond substituents is 1. The smallest absolute Gasteiger partial charge is 0.165 e. The molecule has 0 spiro atoms. The van der Waals surface area contributed by atoms with E-state index in [4.69, 9.17) is 9.47 Å². The third kappa shape index (κ3) is 0.988. The van der Waals surface area contributed by atoms with Crippen LogP contribution < -0.4 is 9.47 Å². The summed E-state index contributed by atoms with van der Waals surface area (Å²) >= 11 is 0. The van der Waals surface area contributed by atoms with Gasteiger partial charge in [-0.25, -0.2) is 0 Å². The molecule has 0 bridgehead atoms. The molecule has 2 aliphatic rings. The van der Waals surface area contributed by atoms with Crippen LogP contribution in [-0.2, 0) is 12.8 Å². The van der Waals surface area contributed by atoms with E-state index in [0.29, 0.717) is 48.7 Å². The number of rotatable bonds is 1. The molecule has 3 rings (SSSR count). The van der Waals surface area contributed by atoms with Crippen LogP contribution in [0.15, 0.2) is 0 Å². The van der Waals surface area contributed by atoms with Crippen molar-refractivity contribution in [2.24, 2.45) is 0 Å². The van der Waals surface area contributed by atoms with Gasteiger partial charge in [0.25, 0.3) is 0 Å². The third-order valence-electron chi connectivity index (χ3n) is 2.93. The van der Waals surface area contributed by atoms with E-state index in [9.17, 15) is 9.90 Å². The second-order valence-corrected chi connectivity index (χ2v) is 3.69. The Morgan fingerprint density at radius 3 is 2.47 bits per heavy atom. The summed E-state index contributed by atoms with van der Waals surface area (Å²) in [5, 5.41) is 9.93. The fraction of sp³-hybridized carbons (Fsp3) is 0.364. The van der Waals surface area contributed by atoms with E-state index in [1.54, 1.807) is 0 Å². The number of carbonyl (C=O) groups is 1. The largest absolute Gasteiger partial charge is 0.504 e. The molecule has 4 heteroatoms. The van der Waals surface area contributed by atoms with E-state index in [2.05, 4.69) is 0 Å². The van der Waals surface area contributed by atoms with Crippen molar-refractivity contribution in [3.05, 3.63) is 16.7 Å². The molecule has 0 saturated carbocycles. The van der Waals surface area contributed by atoms with Crippen LogP contribution in [0.3, 0.4) is 0 Å². The molecule has 0 unspecified atom stereocenters. The number of carbonyl (C=O) groups excluding carboxylic acids is 1. The number of phenols is 1. The Morgan fingerprint density at radius 2 is 1.73 bits per heavy atom. The normalized spacial score (nSPS) is 16.5. The quantitative estimate of drug-likeness (QED) is 0.698. The molecule has 1 aromatic rings. The van der Waals surface area contributed by atoms with Crippen molar-refractivity contribution < 1.29 is 19.4 Å². The standard InChI is InChI=1S/C11H10O4/c12-5-8-6-1-3-15-11(6)9(13)7-2-4-14-10(7)8/h5,13H,1-4H2. The lowest BCUT2D eigenvalue weighted by atomic mass is 9.99. The van der Waals surface area contributed by atoms with Gasteiger partial charge in [0.2, 0.25) is 0 Å². The van der Waals surface area contributed by atoms with E-state index < -0.39 is 0 Å². The van der Waals surface area contributed by atoms with Crippen molar-refractivity contribution in [3.8, 4) is 17.2 Å². The average molecular weight is 206 g/mol. The lowest BCUT2D eigenvalue weighted by Gasteiger charge is -2.10. The van der Waals surface area contributed by atoms with Gasteiger partial charge in [0.1, 0.15) is 5.75 Å². The predicted molar refractivity (Wildman–Crippen MR) is 51.9 cm³/mol. The van der Waals surface area contributed by atoms with Crippen molar-refractivity contribution in [2.75, 3.05) is 13.2 Å². The molecular formula is C11H10O4. The van der Waals surface area contributed by atoms with Crippen LogP contribution in [-0.4, -0.2) is 24.6 Å². The van der Waals surface area contributed by atoms with E-state index in [0.717, 1.165) is 11.8 Å². The first kappa shape index (κ1) is 8.59. The Labute approximate surface area is 86.4 Å². The number of hydrogen-bond donors (Lipinski definition) is 1. The molecule has 15 heavy (non-hydrogen) atoms. The molecule has 0 aromatic heterocycles. The Kier molecular flexibility index (Phi) is 1.65. The summed E-state index contributed by atoms with van der Waals surface area (Å²) in [6.07, 6.45) is 2.09. The first-order valence-electron chi connectivity index (χ1n) is 4.94. The number of hydrogen-bond acceptors (Lipinski definition) is 4. The molecule has 0 amide bonds. The van der Waals surface area contributed by atoms with Crippen LogP contribution in [0.25, 0.3) is 0 Å². The van der Waals surface area contributed by atoms with Crippen LogP contribution in [0, 0.1) is 0 Å². The monoisotopic (exact) mass is 206 g/mol. The Balaban J connectivity index is 2.35. The molecule has 2 heterocycles. The van der Waals surface area contributed by atoms with Gasteiger partial charge in [-0.15, -0.1) is 0 Å². The van der Waals surface area contributed by atoms with Crippen molar-refractivity contribution in [1.82, 2.24) is 0 Å². The zero-order chi connectivity index (χ0) is 10.4. The van der Waals surface area contributed by atoms with E-state index in [1.807, 2.05) is 0 Å². The van der Waals surface area contributed by atoms with Gasteiger partial charge in [-0.1, -0.05) is 0 Å². The zero-order valence-corrected chi connectivity index (χ0v) is 8.08. The molecule has 2 aliphatic heterocycles. The first-order valence-corrected chi connectivity index (χ1v) is 4.94. The number of ether oxygens (including phenoxy) is 2. The van der Waals surface area contributed by atoms with Crippen LogP contribution in [0.2, 0.25) is 0 Å². The number of benzene rings is 1. The molecule has 4 nitrogen and oxygen atoms in total. The molecule has 1 aromatic carbocycles. The van der Waals surface area contributed by atoms with E-state index in [-0.39, 0.29) is 5.75 Å². The SMILES string of the molecule is O=Cc1c2c(c(O)c3c1OCC3)OCC2. The summed E-state index contributed by atoms with van der Waals surface area (Å²) < 4.78 is 10.7. The molecular weight excluding hydrogens is 196 g/mol. The van der Waals surface area contributed by atoms with Gasteiger partial charge in [0.15, 0.2) is 17.8 Å². The van der Waals surface area contributed by atoms with Crippen molar-refractivity contribution in [2.45, 2.75) is 12.8 Å². The highest BCUT2D eigenvalue weighted by atomic mass is 16.5. The number of aromatic hydroxyl groups is 1. The minimum absolute atomic E-state index is 0.153. The Hall–Kier alpha value is -1.71. The lowest BCUT2D eigenvalue weighted by Crippen LogP contribution is -1.95. The van der Waals surface area contributed by atoms with Gasteiger partial charge in [0.05, 0.1) is 18.8 Å². The van der Waals surface area contributed by atoms with Crippen molar-refractivity contribution in [1.29, 1.82) is 0 Å². The molecule has 78 valence electrons. The summed E-state index contributed by atoms with van der Waals surface area (Å²) in [6.45, 7) is 1.04. The Bertz CT molecular complexity index is 415. The maximum Gasteiger partial charge on any atom is 0.165 e. The summed E-state index contributed by atoms with van der Waals surface area (Å²) in [6, 6.07) is 0. The summed E-state index contributed by atoms with van der Waals surface area (Å²) in [4.78, 5) is 11.0. The predicted octanol–water partition coefficient (Wildman–Crippen LogP) is 1.07. The average Bonchev–Trinajstić information content (AvgIpc) is 2.85. The Morgan fingerprint density at radius 1 is 1.07 bits per heavy atom. The fourth-order valence-corrected chi connectivity index (χ4v) is 2.24. The van der Waals surface area contributed by atoms with Gasteiger partial charge in [0, 0.05) is 24.0 Å². The van der Waals surface area contributed by atoms with Gasteiger partial charge in [-0.2, -0.15) is 0 Å². The highest BCUT2D eigenvalue weighted by Crippen LogP contribution is 2.47. The molecule has 1 N–H and O–H groups in total. The van der Waals surface area contributed by atoms with Crippen LogP contribution in [0.5, 0.6) is 17.2 Å². The van der Waals surface area contributed by atoms with Crippen LogP contribution in [0.4, 0.5) is 0 Å². The van der Waals surface area contributed by atoms with Gasteiger partial charge in [-0.3, -0.25) is 4.79 Å². The zero-order valence-electron chi connectivity index (χ0n) is 8.08. The molecule has 0 fully saturated rings. The molecule has 0 saturated heterocycles. The van der Waals surface area contributed by atoms with Crippen LogP contribution >= 0.6 is 0 Å². The van der Waals surface area contributed by atoms with Gasteiger partial charge in [-0.05, 0) is 0 Å². The maximum absolute atomic E-state index is 11.0. The van der Waals surface area contributed by atoms with Crippen molar-refractivity contribution >= 4 is 6.29 Å². The second-order valence-electron chi connectivity index (χ2n) is 3.69. The lowest BCUT2D eigenvalue weighted by molar-refractivity contribution is 0.111.